The van der Waals surface area contributed by atoms with Gasteiger partial charge in [-0.05, 0) is 43.0 Å². The molecule has 0 bridgehead atoms. The normalized spacial score (nSPS) is 11.5. The van der Waals surface area contributed by atoms with Gasteiger partial charge in [-0.15, -0.1) is 0 Å². The first-order valence-electron chi connectivity index (χ1n) is 11.3. The predicted octanol–water partition coefficient (Wildman–Crippen LogP) is 3.86. The molecule has 0 saturated heterocycles. The third-order valence-corrected chi connectivity index (χ3v) is 6.03. The van der Waals surface area contributed by atoms with E-state index in [9.17, 15) is 19.8 Å². The lowest BCUT2D eigenvalue weighted by Gasteiger charge is -2.12. The molecule has 0 aliphatic heterocycles. The van der Waals surface area contributed by atoms with Crippen LogP contribution in [0.2, 0.25) is 0 Å². The molecule has 33 heavy (non-hydrogen) atoms. The van der Waals surface area contributed by atoms with E-state index in [0.29, 0.717) is 23.2 Å². The van der Waals surface area contributed by atoms with Gasteiger partial charge in [0.15, 0.2) is 0 Å². The summed E-state index contributed by atoms with van der Waals surface area (Å²) in [6.07, 6.45) is 4.54. The van der Waals surface area contributed by atoms with E-state index in [4.69, 9.17) is 4.42 Å². The predicted molar refractivity (Wildman–Crippen MR) is 125 cm³/mol. The standard InChI is InChI=1S/C26H28N2O5/c1-3-4-5-6-9-16-14-17-22(15-20(16)29)33-21(12-13-23(30)31)24(25(17)32)26-27-18-10-7-8-11-19(18)28(26)2/h7-8,10-11,14-15,29H,3-6,9,12-13H2,1-2H3,(H,30,31)/p-1. The summed E-state index contributed by atoms with van der Waals surface area (Å²) in [5.74, 6) is -0.537. The van der Waals surface area contributed by atoms with E-state index in [-0.39, 0.29) is 40.9 Å². The number of imidazole rings is 1. The van der Waals surface area contributed by atoms with Gasteiger partial charge >= 0.3 is 0 Å². The molecule has 0 radical (unpaired) electrons. The largest absolute Gasteiger partial charge is 0.550 e. The number of carbonyl (C=O) groups is 1. The van der Waals surface area contributed by atoms with Crippen LogP contribution >= 0.6 is 0 Å². The number of aromatic nitrogens is 2. The van der Waals surface area contributed by atoms with Crippen LogP contribution in [0.4, 0.5) is 0 Å². The number of hydrogen-bond acceptors (Lipinski definition) is 6. The fourth-order valence-corrected chi connectivity index (χ4v) is 4.25. The van der Waals surface area contributed by atoms with Crippen LogP contribution in [0.25, 0.3) is 33.4 Å². The highest BCUT2D eigenvalue weighted by Gasteiger charge is 2.22. The monoisotopic (exact) mass is 447 g/mol. The van der Waals surface area contributed by atoms with Crippen molar-refractivity contribution in [3.63, 3.8) is 0 Å². The molecule has 0 aliphatic carbocycles. The van der Waals surface area contributed by atoms with Crippen molar-refractivity contribution in [2.24, 2.45) is 7.05 Å². The van der Waals surface area contributed by atoms with E-state index in [2.05, 4.69) is 11.9 Å². The zero-order valence-electron chi connectivity index (χ0n) is 18.9. The topological polar surface area (TPSA) is 108 Å². The maximum atomic E-state index is 13.7. The molecule has 2 aromatic carbocycles. The second-order valence-corrected chi connectivity index (χ2v) is 8.37. The first-order chi connectivity index (χ1) is 15.9. The lowest BCUT2D eigenvalue weighted by Crippen LogP contribution is -2.23. The Kier molecular flexibility index (Phi) is 6.49. The van der Waals surface area contributed by atoms with E-state index >= 15 is 0 Å². The summed E-state index contributed by atoms with van der Waals surface area (Å²) in [7, 11) is 1.81. The number of rotatable bonds is 9. The van der Waals surface area contributed by atoms with Crippen LogP contribution in [-0.4, -0.2) is 20.6 Å². The summed E-state index contributed by atoms with van der Waals surface area (Å²) in [6.45, 7) is 2.14. The van der Waals surface area contributed by atoms with Crippen LogP contribution < -0.4 is 10.5 Å². The quantitative estimate of drug-likeness (QED) is 0.390. The Balaban J connectivity index is 1.90. The van der Waals surface area contributed by atoms with Crippen molar-refractivity contribution >= 4 is 28.0 Å². The van der Waals surface area contributed by atoms with Crippen LogP contribution in [0.5, 0.6) is 5.75 Å². The van der Waals surface area contributed by atoms with E-state index in [1.54, 1.807) is 6.07 Å². The Hall–Kier alpha value is -3.61. The lowest BCUT2D eigenvalue weighted by molar-refractivity contribution is -0.305. The lowest BCUT2D eigenvalue weighted by atomic mass is 10.0. The van der Waals surface area contributed by atoms with Gasteiger partial charge in [0.2, 0.25) is 5.43 Å². The summed E-state index contributed by atoms with van der Waals surface area (Å²) in [5, 5.41) is 22.0. The maximum absolute atomic E-state index is 13.7. The molecule has 0 unspecified atom stereocenters. The van der Waals surface area contributed by atoms with Gasteiger partial charge < -0.3 is 24.0 Å². The second-order valence-electron chi connectivity index (χ2n) is 8.37. The Morgan fingerprint density at radius 3 is 2.67 bits per heavy atom. The summed E-state index contributed by atoms with van der Waals surface area (Å²) in [6, 6.07) is 10.7. The average Bonchev–Trinajstić information content (AvgIpc) is 3.12. The summed E-state index contributed by atoms with van der Waals surface area (Å²) >= 11 is 0. The van der Waals surface area contributed by atoms with Crippen molar-refractivity contribution in [1.82, 2.24) is 9.55 Å². The molecular weight excluding hydrogens is 420 g/mol. The molecule has 1 N–H and O–H groups in total. The minimum absolute atomic E-state index is 0.0222. The van der Waals surface area contributed by atoms with Crippen molar-refractivity contribution in [2.75, 3.05) is 0 Å². The number of phenolic OH excluding ortho intramolecular Hbond substituents is 1. The van der Waals surface area contributed by atoms with Crippen LogP contribution in [0.3, 0.4) is 0 Å². The number of fused-ring (bicyclic) bond motifs is 2. The van der Waals surface area contributed by atoms with Crippen molar-refractivity contribution in [2.45, 2.75) is 51.9 Å². The van der Waals surface area contributed by atoms with Crippen LogP contribution in [0, 0.1) is 0 Å². The highest BCUT2D eigenvalue weighted by molar-refractivity contribution is 5.86. The van der Waals surface area contributed by atoms with Gasteiger partial charge in [0.1, 0.15) is 28.5 Å². The van der Waals surface area contributed by atoms with Crippen LogP contribution in [-0.2, 0) is 24.7 Å². The fraction of sp³-hybridized carbons (Fsp3) is 0.346. The van der Waals surface area contributed by atoms with Crippen LogP contribution in [0.15, 0.2) is 45.6 Å². The minimum atomic E-state index is -1.24. The Morgan fingerprint density at radius 2 is 1.94 bits per heavy atom. The number of nitrogens with zero attached hydrogens (tertiary/aromatic N) is 2. The number of carboxylic acid groups (broad SMARTS) is 1. The molecule has 4 aromatic rings. The molecule has 7 heteroatoms. The molecule has 2 aromatic heterocycles. The molecular formula is C26H27N2O5-. The zero-order chi connectivity index (χ0) is 23.5. The number of para-hydroxylation sites is 2. The number of aryl methyl sites for hydroxylation is 3. The SMILES string of the molecule is CCCCCCc1cc2c(=O)c(-c3nc4ccccc4n3C)c(CCC(=O)[O-])oc2cc1O. The van der Waals surface area contributed by atoms with E-state index in [1.165, 1.54) is 6.07 Å². The maximum Gasteiger partial charge on any atom is 0.203 e. The van der Waals surface area contributed by atoms with Crippen LogP contribution in [0.1, 0.15) is 50.4 Å². The average molecular weight is 448 g/mol. The smallest absolute Gasteiger partial charge is 0.203 e. The second kappa shape index (κ2) is 9.48. The van der Waals surface area contributed by atoms with Crippen molar-refractivity contribution in [3.8, 4) is 17.1 Å². The number of aromatic hydroxyl groups is 1. The number of carboxylic acids is 1. The van der Waals surface area contributed by atoms with Crippen molar-refractivity contribution < 1.29 is 19.4 Å². The van der Waals surface area contributed by atoms with Gasteiger partial charge in [-0.25, -0.2) is 4.98 Å². The van der Waals surface area contributed by atoms with Crippen molar-refractivity contribution in [3.05, 3.63) is 57.9 Å². The Morgan fingerprint density at radius 1 is 1.15 bits per heavy atom. The van der Waals surface area contributed by atoms with Gasteiger partial charge in [-0.1, -0.05) is 38.3 Å². The highest BCUT2D eigenvalue weighted by atomic mass is 16.4. The molecule has 0 atom stereocenters. The number of phenols is 1. The third-order valence-electron chi connectivity index (χ3n) is 6.03. The van der Waals surface area contributed by atoms with E-state index in [0.717, 1.165) is 36.7 Å². The van der Waals surface area contributed by atoms with Gasteiger partial charge in [0.05, 0.1) is 16.4 Å². The molecule has 0 saturated carbocycles. The fourth-order valence-electron chi connectivity index (χ4n) is 4.25. The molecule has 172 valence electrons. The summed E-state index contributed by atoms with van der Waals surface area (Å²) < 4.78 is 7.81. The van der Waals surface area contributed by atoms with Crippen molar-refractivity contribution in [1.29, 1.82) is 0 Å². The molecule has 7 nitrogen and oxygen atoms in total. The number of benzene rings is 2. The molecule has 0 aliphatic rings. The van der Waals surface area contributed by atoms with Gasteiger partial charge in [0, 0.05) is 25.5 Å². The highest BCUT2D eigenvalue weighted by Crippen LogP contribution is 2.31. The third kappa shape index (κ3) is 4.49. The van der Waals surface area contributed by atoms with E-state index < -0.39 is 5.97 Å². The number of aliphatic carboxylic acids is 1. The summed E-state index contributed by atoms with van der Waals surface area (Å²) in [5.41, 5.74) is 2.45. The van der Waals surface area contributed by atoms with Gasteiger partial charge in [-0.2, -0.15) is 0 Å². The molecule has 0 spiro atoms. The van der Waals surface area contributed by atoms with E-state index in [1.807, 2.05) is 35.9 Å². The van der Waals surface area contributed by atoms with Gasteiger partial charge in [0.25, 0.3) is 0 Å². The number of carbonyl (C=O) groups excluding carboxylic acids is 1. The van der Waals surface area contributed by atoms with Gasteiger partial charge in [-0.3, -0.25) is 4.79 Å². The molecule has 0 fully saturated rings. The first-order valence-corrected chi connectivity index (χ1v) is 11.3. The zero-order valence-corrected chi connectivity index (χ0v) is 18.9. The number of hydrogen-bond donors (Lipinski definition) is 1. The summed E-state index contributed by atoms with van der Waals surface area (Å²) in [4.78, 5) is 29.5. The number of unbranched alkanes of at least 4 members (excludes halogenated alkanes) is 3. The molecule has 2 heterocycles. The Bertz CT molecular complexity index is 1380. The minimum Gasteiger partial charge on any atom is -0.550 e. The first kappa shape index (κ1) is 22.6. The Labute approximate surface area is 191 Å². The molecule has 0 amide bonds. The molecule has 4 rings (SSSR count).